The highest BCUT2D eigenvalue weighted by atomic mass is 16.5. The van der Waals surface area contributed by atoms with Crippen molar-refractivity contribution in [3.8, 4) is 5.75 Å². The van der Waals surface area contributed by atoms with Gasteiger partial charge in [-0.3, -0.25) is 34.2 Å². The van der Waals surface area contributed by atoms with E-state index in [1.165, 1.54) is 6.07 Å². The fourth-order valence-electron chi connectivity index (χ4n) is 3.19. The average molecular weight is 373 g/mol. The quantitative estimate of drug-likeness (QED) is 0.515. The van der Waals surface area contributed by atoms with Crippen LogP contribution in [-0.2, 0) is 14.4 Å². The Balaban J connectivity index is 1.75. The van der Waals surface area contributed by atoms with Gasteiger partial charge in [-0.1, -0.05) is 6.07 Å². The van der Waals surface area contributed by atoms with Crippen LogP contribution in [0.4, 0.5) is 0 Å². The highest BCUT2D eigenvalue weighted by molar-refractivity contribution is 6.24. The Labute approximate surface area is 154 Å². The van der Waals surface area contributed by atoms with E-state index in [1.807, 2.05) is 0 Å². The van der Waals surface area contributed by atoms with Crippen LogP contribution >= 0.6 is 0 Å². The van der Waals surface area contributed by atoms with Gasteiger partial charge in [0.2, 0.25) is 17.7 Å². The van der Waals surface area contributed by atoms with Gasteiger partial charge in [-0.2, -0.15) is 0 Å². The second-order valence-electron chi connectivity index (χ2n) is 6.40. The van der Waals surface area contributed by atoms with E-state index in [9.17, 15) is 24.0 Å². The van der Waals surface area contributed by atoms with Crippen molar-refractivity contribution in [3.63, 3.8) is 0 Å². The molecule has 0 spiro atoms. The highest BCUT2D eigenvalue weighted by Gasteiger charge is 2.45. The summed E-state index contributed by atoms with van der Waals surface area (Å²) in [6.45, 7) is 0.254. The van der Waals surface area contributed by atoms with Crippen molar-refractivity contribution in [2.24, 2.45) is 5.73 Å². The first-order chi connectivity index (χ1) is 12.9. The molecule has 1 fully saturated rings. The molecule has 0 aliphatic carbocycles. The number of hydrogen-bond donors (Lipinski definition) is 2. The molecule has 0 bridgehead atoms. The summed E-state index contributed by atoms with van der Waals surface area (Å²) in [5.41, 5.74) is 5.36. The molecule has 3 N–H and O–H groups in total. The zero-order valence-corrected chi connectivity index (χ0v) is 14.5. The number of nitrogens with one attached hydrogen (secondary N) is 1. The SMILES string of the molecule is NC(=O)CCCCOc1cccc2c1C(=O)N(C1CCC(=O)NC1=O)C2=O. The monoisotopic (exact) mass is 373 g/mol. The summed E-state index contributed by atoms with van der Waals surface area (Å²) in [4.78, 5) is 60.5. The van der Waals surface area contributed by atoms with Gasteiger partial charge in [0.05, 0.1) is 17.7 Å². The Morgan fingerprint density at radius 3 is 2.67 bits per heavy atom. The van der Waals surface area contributed by atoms with Crippen molar-refractivity contribution in [1.29, 1.82) is 0 Å². The van der Waals surface area contributed by atoms with E-state index in [0.717, 1.165) is 4.90 Å². The lowest BCUT2D eigenvalue weighted by atomic mass is 10.0. The van der Waals surface area contributed by atoms with Crippen LogP contribution in [0, 0.1) is 0 Å². The number of nitrogens with zero attached hydrogens (tertiary/aromatic N) is 1. The van der Waals surface area contributed by atoms with E-state index in [4.69, 9.17) is 10.5 Å². The molecular weight excluding hydrogens is 354 g/mol. The Hall–Kier alpha value is -3.23. The highest BCUT2D eigenvalue weighted by Crippen LogP contribution is 2.33. The van der Waals surface area contributed by atoms with E-state index >= 15 is 0 Å². The number of hydrogen-bond acceptors (Lipinski definition) is 6. The first kappa shape index (κ1) is 18.6. The number of benzene rings is 1. The lowest BCUT2D eigenvalue weighted by molar-refractivity contribution is -0.136. The minimum absolute atomic E-state index is 0.0625. The molecule has 9 heteroatoms. The minimum Gasteiger partial charge on any atom is -0.493 e. The fourth-order valence-corrected chi connectivity index (χ4v) is 3.19. The number of primary amides is 1. The number of unbranched alkanes of at least 4 members (excludes halogenated alkanes) is 1. The van der Waals surface area contributed by atoms with Gasteiger partial charge in [-0.05, 0) is 31.4 Å². The molecule has 3 rings (SSSR count). The first-order valence-electron chi connectivity index (χ1n) is 8.66. The zero-order chi connectivity index (χ0) is 19.6. The molecular formula is C18H19N3O6. The van der Waals surface area contributed by atoms with Crippen LogP contribution in [0.15, 0.2) is 18.2 Å². The van der Waals surface area contributed by atoms with Gasteiger partial charge in [0.25, 0.3) is 11.8 Å². The van der Waals surface area contributed by atoms with Gasteiger partial charge in [0.15, 0.2) is 0 Å². The summed E-state index contributed by atoms with van der Waals surface area (Å²) in [6, 6.07) is 3.66. The molecule has 0 radical (unpaired) electrons. The number of piperidine rings is 1. The van der Waals surface area contributed by atoms with E-state index in [0.29, 0.717) is 12.8 Å². The molecule has 1 atom stereocenters. The predicted molar refractivity (Wildman–Crippen MR) is 91.7 cm³/mol. The summed E-state index contributed by atoms with van der Waals surface area (Å²) >= 11 is 0. The van der Waals surface area contributed by atoms with Gasteiger partial charge < -0.3 is 10.5 Å². The molecule has 9 nitrogen and oxygen atoms in total. The number of amides is 5. The van der Waals surface area contributed by atoms with Crippen LogP contribution < -0.4 is 15.8 Å². The third-order valence-corrected chi connectivity index (χ3v) is 4.50. The maximum atomic E-state index is 12.8. The van der Waals surface area contributed by atoms with Crippen LogP contribution in [0.1, 0.15) is 52.8 Å². The third kappa shape index (κ3) is 3.67. The van der Waals surface area contributed by atoms with E-state index in [-0.39, 0.29) is 42.7 Å². The summed E-state index contributed by atoms with van der Waals surface area (Å²) in [5, 5.41) is 2.15. The van der Waals surface area contributed by atoms with Gasteiger partial charge >= 0.3 is 0 Å². The van der Waals surface area contributed by atoms with Crippen molar-refractivity contribution in [2.45, 2.75) is 38.1 Å². The van der Waals surface area contributed by atoms with Crippen LogP contribution in [0.5, 0.6) is 5.75 Å². The number of carbonyl (C=O) groups is 5. The van der Waals surface area contributed by atoms with E-state index < -0.39 is 35.6 Å². The Morgan fingerprint density at radius 2 is 1.96 bits per heavy atom. The second kappa shape index (κ2) is 7.56. The smallest absolute Gasteiger partial charge is 0.266 e. The molecule has 1 saturated heterocycles. The maximum Gasteiger partial charge on any atom is 0.266 e. The minimum atomic E-state index is -1.02. The van der Waals surface area contributed by atoms with Gasteiger partial charge in [0, 0.05) is 12.8 Å². The average Bonchev–Trinajstić information content (AvgIpc) is 2.87. The lowest BCUT2D eigenvalue weighted by Gasteiger charge is -2.27. The number of imide groups is 2. The molecule has 0 aromatic heterocycles. The first-order valence-corrected chi connectivity index (χ1v) is 8.66. The van der Waals surface area contributed by atoms with Crippen molar-refractivity contribution in [1.82, 2.24) is 10.2 Å². The largest absolute Gasteiger partial charge is 0.493 e. The topological polar surface area (TPSA) is 136 Å². The van der Waals surface area contributed by atoms with Gasteiger partial charge in [-0.15, -0.1) is 0 Å². The van der Waals surface area contributed by atoms with Crippen molar-refractivity contribution < 1.29 is 28.7 Å². The molecule has 1 aromatic rings. The van der Waals surface area contributed by atoms with Crippen LogP contribution in [0.3, 0.4) is 0 Å². The number of rotatable bonds is 7. The Morgan fingerprint density at radius 1 is 1.19 bits per heavy atom. The molecule has 1 unspecified atom stereocenters. The summed E-state index contributed by atoms with van der Waals surface area (Å²) in [7, 11) is 0. The Bertz CT molecular complexity index is 834. The molecule has 5 amide bonds. The molecule has 142 valence electrons. The van der Waals surface area contributed by atoms with Gasteiger partial charge in [0.1, 0.15) is 11.8 Å². The predicted octanol–water partition coefficient (Wildman–Crippen LogP) is 0.122. The number of ether oxygens (including phenoxy) is 1. The number of nitrogens with two attached hydrogens (primary N) is 1. The standard InChI is InChI=1S/C18H19N3O6/c19-13(22)6-1-2-9-27-12-5-3-4-10-15(12)18(26)21(17(10)25)11-7-8-14(23)20-16(11)24/h3-5,11H,1-2,6-9H2,(H2,19,22)(H,20,23,24). The van der Waals surface area contributed by atoms with Crippen LogP contribution in [-0.4, -0.2) is 47.1 Å². The normalized spacial score (nSPS) is 19.1. The summed E-state index contributed by atoms with van der Waals surface area (Å²) in [5.74, 6) is -2.42. The third-order valence-electron chi connectivity index (χ3n) is 4.50. The molecule has 2 heterocycles. The lowest BCUT2D eigenvalue weighted by Crippen LogP contribution is -2.54. The zero-order valence-electron chi connectivity index (χ0n) is 14.5. The summed E-state index contributed by atoms with van der Waals surface area (Å²) < 4.78 is 5.62. The summed E-state index contributed by atoms with van der Waals surface area (Å²) in [6.07, 6.45) is 1.52. The van der Waals surface area contributed by atoms with Crippen LogP contribution in [0.2, 0.25) is 0 Å². The molecule has 2 aliphatic rings. The molecule has 0 saturated carbocycles. The van der Waals surface area contributed by atoms with Crippen molar-refractivity contribution in [3.05, 3.63) is 29.3 Å². The second-order valence-corrected chi connectivity index (χ2v) is 6.40. The van der Waals surface area contributed by atoms with Crippen molar-refractivity contribution in [2.75, 3.05) is 6.61 Å². The molecule has 1 aromatic carbocycles. The van der Waals surface area contributed by atoms with Crippen LogP contribution in [0.25, 0.3) is 0 Å². The fraction of sp³-hybridized carbons (Fsp3) is 0.389. The van der Waals surface area contributed by atoms with Gasteiger partial charge in [-0.25, -0.2) is 0 Å². The van der Waals surface area contributed by atoms with Crippen molar-refractivity contribution >= 4 is 29.5 Å². The number of carbonyl (C=O) groups excluding carboxylic acids is 5. The van der Waals surface area contributed by atoms with E-state index in [2.05, 4.69) is 5.32 Å². The maximum absolute atomic E-state index is 12.8. The Kier molecular flexibility index (Phi) is 5.20. The molecule has 2 aliphatic heterocycles. The number of fused-ring (bicyclic) bond motifs is 1. The molecule has 27 heavy (non-hydrogen) atoms. The van der Waals surface area contributed by atoms with E-state index in [1.54, 1.807) is 12.1 Å².